The third-order valence-electron chi connectivity index (χ3n) is 4.94. The van der Waals surface area contributed by atoms with Crippen molar-refractivity contribution in [2.24, 2.45) is 5.73 Å². The van der Waals surface area contributed by atoms with Crippen molar-refractivity contribution in [2.45, 2.75) is 18.6 Å². The number of rotatable bonds is 2. The Bertz CT molecular complexity index is 1140. The lowest BCUT2D eigenvalue weighted by molar-refractivity contribution is 0.149. The van der Waals surface area contributed by atoms with Gasteiger partial charge in [-0.3, -0.25) is 0 Å². The maximum absolute atomic E-state index is 14.2. The second kappa shape index (κ2) is 6.73. The van der Waals surface area contributed by atoms with E-state index >= 15 is 0 Å². The van der Waals surface area contributed by atoms with Gasteiger partial charge >= 0.3 is 0 Å². The molecule has 1 aliphatic heterocycles. The highest BCUT2D eigenvalue weighted by Gasteiger charge is 2.32. The van der Waals surface area contributed by atoms with Crippen molar-refractivity contribution in [2.75, 3.05) is 7.11 Å². The van der Waals surface area contributed by atoms with Gasteiger partial charge in [-0.05, 0) is 41.5 Å². The molecule has 0 aliphatic carbocycles. The topological polar surface area (TPSA) is 48.8 Å². The van der Waals surface area contributed by atoms with Gasteiger partial charge in [-0.2, -0.15) is 0 Å². The summed E-state index contributed by atoms with van der Waals surface area (Å²) in [5, 5.41) is 1.63. The van der Waals surface area contributed by atoms with Crippen LogP contribution in [-0.2, 0) is 6.42 Å². The summed E-state index contributed by atoms with van der Waals surface area (Å²) in [4.78, 5) is 3.46. The Morgan fingerprint density at radius 1 is 1.11 bits per heavy atom. The maximum atomic E-state index is 14.2. The first-order chi connectivity index (χ1) is 13.4. The molecule has 28 heavy (non-hydrogen) atoms. The molecule has 142 valence electrons. The van der Waals surface area contributed by atoms with Crippen LogP contribution in [0.25, 0.3) is 15.6 Å². The molecule has 4 rings (SSSR count). The van der Waals surface area contributed by atoms with Crippen LogP contribution in [0.5, 0.6) is 11.5 Å². The molecule has 0 spiro atoms. The molecule has 7 heteroatoms. The fourth-order valence-corrected chi connectivity index (χ4v) is 3.57. The number of fused-ring (bicyclic) bond motifs is 3. The minimum absolute atomic E-state index is 0.127. The predicted octanol–water partition coefficient (Wildman–Crippen LogP) is 4.82. The lowest BCUT2D eigenvalue weighted by Gasteiger charge is -2.32. The molecule has 4 nitrogen and oxygen atoms in total. The number of hydrogen-bond acceptors (Lipinski definition) is 3. The summed E-state index contributed by atoms with van der Waals surface area (Å²) in [6.45, 7) is 7.26. The fraction of sp³-hybridized carbons (Fsp3) is 0.190. The van der Waals surface area contributed by atoms with Gasteiger partial charge in [-0.25, -0.2) is 18.0 Å². The van der Waals surface area contributed by atoms with Crippen molar-refractivity contribution in [1.82, 2.24) is 0 Å². The Balaban J connectivity index is 1.82. The minimum Gasteiger partial charge on any atom is -0.508 e. The molecule has 0 amide bonds. The summed E-state index contributed by atoms with van der Waals surface area (Å²) >= 11 is 0. The van der Waals surface area contributed by atoms with Crippen LogP contribution < -0.4 is 15.2 Å². The van der Waals surface area contributed by atoms with Crippen LogP contribution in [0.3, 0.4) is 0 Å². The molecule has 1 aliphatic rings. The molecule has 0 aromatic heterocycles. The van der Waals surface area contributed by atoms with Crippen molar-refractivity contribution < 1.29 is 22.6 Å². The van der Waals surface area contributed by atoms with Crippen molar-refractivity contribution in [1.29, 1.82) is 0 Å². The van der Waals surface area contributed by atoms with E-state index < -0.39 is 29.6 Å². The predicted molar refractivity (Wildman–Crippen MR) is 98.1 cm³/mol. The van der Waals surface area contributed by atoms with Crippen molar-refractivity contribution in [3.05, 3.63) is 76.4 Å². The molecular formula is C21H15F3N2O2. The third kappa shape index (κ3) is 2.83. The third-order valence-corrected chi connectivity index (χ3v) is 4.94. The van der Waals surface area contributed by atoms with E-state index in [2.05, 4.69) is 4.85 Å². The second-order valence-electron chi connectivity index (χ2n) is 6.59. The van der Waals surface area contributed by atoms with Crippen LogP contribution in [0.2, 0.25) is 0 Å². The van der Waals surface area contributed by atoms with Crippen LogP contribution in [0.4, 0.5) is 18.9 Å². The quantitative estimate of drug-likeness (QED) is 0.509. The Morgan fingerprint density at radius 2 is 1.86 bits per heavy atom. The smallest absolute Gasteiger partial charge is 0.228 e. The van der Waals surface area contributed by atoms with E-state index in [0.29, 0.717) is 29.7 Å². The standard InChI is InChI=1S/C21H15F3N2O2/c1-26-18-5-10-3-4-19-12(11(10)8-20(18)27-2)7-17(25)21(28-19)13-6-15(23)16(24)9-14(13)22/h3-6,8-9,17,21H,7,25H2,2H3/t17-,21+/m0/s1. The lowest BCUT2D eigenvalue weighted by atomic mass is 9.90. The van der Waals surface area contributed by atoms with Crippen LogP contribution in [0.15, 0.2) is 36.4 Å². The zero-order valence-electron chi connectivity index (χ0n) is 14.8. The molecule has 0 radical (unpaired) electrons. The average Bonchev–Trinajstić information content (AvgIpc) is 2.69. The van der Waals surface area contributed by atoms with Gasteiger partial charge in [0, 0.05) is 17.2 Å². The van der Waals surface area contributed by atoms with E-state index in [1.807, 2.05) is 0 Å². The average molecular weight is 384 g/mol. The van der Waals surface area contributed by atoms with Crippen molar-refractivity contribution >= 4 is 16.5 Å². The summed E-state index contributed by atoms with van der Waals surface area (Å²) < 4.78 is 52.3. The first-order valence-corrected chi connectivity index (χ1v) is 8.50. The number of methoxy groups -OCH3 is 1. The number of nitrogens with two attached hydrogens (primary N) is 1. The van der Waals surface area contributed by atoms with Gasteiger partial charge in [0.05, 0.1) is 19.7 Å². The van der Waals surface area contributed by atoms with E-state index in [4.69, 9.17) is 21.8 Å². The van der Waals surface area contributed by atoms with Crippen LogP contribution in [0, 0.1) is 24.0 Å². The zero-order valence-corrected chi connectivity index (χ0v) is 14.8. The van der Waals surface area contributed by atoms with E-state index in [1.165, 1.54) is 7.11 Å². The number of benzene rings is 3. The summed E-state index contributed by atoms with van der Waals surface area (Å²) in [5.41, 5.74) is 7.26. The minimum atomic E-state index is -1.26. The Morgan fingerprint density at radius 3 is 2.57 bits per heavy atom. The van der Waals surface area contributed by atoms with Crippen molar-refractivity contribution in [3.8, 4) is 11.5 Å². The molecular weight excluding hydrogens is 369 g/mol. The first-order valence-electron chi connectivity index (χ1n) is 8.50. The van der Waals surface area contributed by atoms with E-state index in [9.17, 15) is 13.2 Å². The highest BCUT2D eigenvalue weighted by molar-refractivity contribution is 5.93. The highest BCUT2D eigenvalue weighted by Crippen LogP contribution is 2.42. The van der Waals surface area contributed by atoms with Gasteiger partial charge in [0.1, 0.15) is 23.4 Å². The first kappa shape index (κ1) is 18.1. The molecule has 1 heterocycles. The zero-order chi connectivity index (χ0) is 20.0. The van der Waals surface area contributed by atoms with Gasteiger partial charge in [0.25, 0.3) is 0 Å². The van der Waals surface area contributed by atoms with E-state index in [0.717, 1.165) is 22.4 Å². The normalized spacial score (nSPS) is 18.3. The Hall–Kier alpha value is -3.24. The van der Waals surface area contributed by atoms with Gasteiger partial charge in [-0.15, -0.1) is 0 Å². The number of ether oxygens (including phenoxy) is 2. The lowest BCUT2D eigenvalue weighted by Crippen LogP contribution is -2.38. The Labute approximate surface area is 159 Å². The van der Waals surface area contributed by atoms with Crippen LogP contribution in [0.1, 0.15) is 17.2 Å². The molecule has 0 saturated carbocycles. The molecule has 0 fully saturated rings. The van der Waals surface area contributed by atoms with Crippen LogP contribution in [-0.4, -0.2) is 13.2 Å². The van der Waals surface area contributed by atoms with E-state index in [-0.39, 0.29) is 5.56 Å². The van der Waals surface area contributed by atoms with Crippen molar-refractivity contribution in [3.63, 3.8) is 0 Å². The van der Waals surface area contributed by atoms with Crippen LogP contribution >= 0.6 is 0 Å². The molecule has 0 bridgehead atoms. The largest absolute Gasteiger partial charge is 0.508 e. The highest BCUT2D eigenvalue weighted by atomic mass is 19.2. The molecule has 2 N–H and O–H groups in total. The summed E-state index contributed by atoms with van der Waals surface area (Å²) in [5.74, 6) is -2.43. The van der Waals surface area contributed by atoms with Gasteiger partial charge in [0.15, 0.2) is 11.6 Å². The maximum Gasteiger partial charge on any atom is 0.228 e. The molecule has 0 saturated heterocycles. The number of hydrogen-bond donors (Lipinski definition) is 1. The van der Waals surface area contributed by atoms with Gasteiger partial charge in [0.2, 0.25) is 5.69 Å². The molecule has 3 aromatic carbocycles. The molecule has 2 atom stereocenters. The van der Waals surface area contributed by atoms with Gasteiger partial charge < -0.3 is 15.2 Å². The monoisotopic (exact) mass is 384 g/mol. The SMILES string of the molecule is [C-]#[N+]c1cc2ccc3c(c2cc1OC)C[C@H](N)[C@@H](c1cc(F)c(F)cc1F)O3. The summed E-state index contributed by atoms with van der Waals surface area (Å²) in [7, 11) is 1.48. The summed E-state index contributed by atoms with van der Waals surface area (Å²) in [6, 6.07) is 7.54. The van der Waals surface area contributed by atoms with E-state index in [1.54, 1.807) is 24.3 Å². The van der Waals surface area contributed by atoms with Gasteiger partial charge in [-0.1, -0.05) is 6.07 Å². The molecule has 3 aromatic rings. The Kier molecular flexibility index (Phi) is 4.36. The number of halogens is 3. The second-order valence-corrected chi connectivity index (χ2v) is 6.59. The fourth-order valence-electron chi connectivity index (χ4n) is 3.57. The number of nitrogens with zero attached hydrogens (tertiary/aromatic N) is 1. The molecule has 0 unspecified atom stereocenters. The summed E-state index contributed by atoms with van der Waals surface area (Å²) in [6.07, 6.45) is -0.625.